The summed E-state index contributed by atoms with van der Waals surface area (Å²) in [4.78, 5) is 0. The van der Waals surface area contributed by atoms with Crippen molar-refractivity contribution in [2.45, 2.75) is 19.3 Å². The first kappa shape index (κ1) is 31.8. The van der Waals surface area contributed by atoms with Crippen molar-refractivity contribution >= 4 is 74.6 Å². The first-order chi connectivity index (χ1) is 27.5. The van der Waals surface area contributed by atoms with E-state index in [1.807, 2.05) is 11.3 Å². The fraction of sp³-hybridized carbons (Fsp3) is 0.0545. The van der Waals surface area contributed by atoms with Crippen LogP contribution in [0, 0.1) is 0 Å². The van der Waals surface area contributed by atoms with Gasteiger partial charge in [-0.2, -0.15) is 0 Å². The molecule has 1 aromatic heterocycles. The number of fused-ring (bicyclic) bond motifs is 11. The highest BCUT2D eigenvalue weighted by molar-refractivity contribution is 7.25. The van der Waals surface area contributed by atoms with E-state index < -0.39 is 0 Å². The SMILES string of the molecule is CC1(C)c2cc(-c3ccc4cc(-c5c6ccccc6c(-c6ccccc6)c6ccccc56)ccc4c3)ccc2-c2c1ccc1cc3c(cc21)sc1ccccc13. The van der Waals surface area contributed by atoms with Crippen LogP contribution >= 0.6 is 11.3 Å². The van der Waals surface area contributed by atoms with Crippen molar-refractivity contribution in [2.75, 3.05) is 0 Å². The van der Waals surface area contributed by atoms with Gasteiger partial charge in [-0.1, -0.05) is 159 Å². The summed E-state index contributed by atoms with van der Waals surface area (Å²) in [7, 11) is 0. The molecule has 0 aliphatic heterocycles. The van der Waals surface area contributed by atoms with E-state index in [4.69, 9.17) is 0 Å². The number of hydrogen-bond acceptors (Lipinski definition) is 1. The van der Waals surface area contributed by atoms with Crippen LogP contribution in [0.4, 0.5) is 0 Å². The van der Waals surface area contributed by atoms with E-state index in [0.717, 1.165) is 0 Å². The Hall–Kier alpha value is -6.54. The van der Waals surface area contributed by atoms with E-state index in [9.17, 15) is 0 Å². The van der Waals surface area contributed by atoms with Crippen LogP contribution in [-0.2, 0) is 5.41 Å². The van der Waals surface area contributed by atoms with Crippen molar-refractivity contribution in [1.29, 1.82) is 0 Å². The van der Waals surface area contributed by atoms with E-state index in [2.05, 4.69) is 196 Å². The molecule has 12 rings (SSSR count). The molecular formula is C55H36S. The molecule has 56 heavy (non-hydrogen) atoms. The van der Waals surface area contributed by atoms with Gasteiger partial charge in [0.05, 0.1) is 0 Å². The Morgan fingerprint density at radius 2 is 0.875 bits per heavy atom. The Bertz CT molecular complexity index is 3380. The third kappa shape index (κ3) is 4.53. The lowest BCUT2D eigenvalue weighted by Gasteiger charge is -2.22. The summed E-state index contributed by atoms with van der Waals surface area (Å²) in [6.45, 7) is 4.79. The first-order valence-corrected chi connectivity index (χ1v) is 20.4. The Morgan fingerprint density at radius 3 is 1.59 bits per heavy atom. The molecule has 0 unspecified atom stereocenters. The van der Waals surface area contributed by atoms with Gasteiger partial charge in [0.15, 0.2) is 0 Å². The van der Waals surface area contributed by atoms with E-state index >= 15 is 0 Å². The van der Waals surface area contributed by atoms with Crippen molar-refractivity contribution in [3.8, 4) is 44.5 Å². The van der Waals surface area contributed by atoms with Crippen molar-refractivity contribution in [3.63, 3.8) is 0 Å². The zero-order chi connectivity index (χ0) is 37.1. The summed E-state index contributed by atoms with van der Waals surface area (Å²) in [5.74, 6) is 0. The quantitative estimate of drug-likeness (QED) is 0.159. The minimum Gasteiger partial charge on any atom is -0.135 e. The highest BCUT2D eigenvalue weighted by atomic mass is 32.1. The van der Waals surface area contributed by atoms with E-state index in [-0.39, 0.29) is 5.41 Å². The van der Waals surface area contributed by atoms with Gasteiger partial charge in [0.1, 0.15) is 0 Å². The molecule has 262 valence electrons. The summed E-state index contributed by atoms with van der Waals surface area (Å²) in [6.07, 6.45) is 0. The van der Waals surface area contributed by atoms with Gasteiger partial charge in [-0.15, -0.1) is 11.3 Å². The van der Waals surface area contributed by atoms with Crippen LogP contribution in [-0.4, -0.2) is 0 Å². The van der Waals surface area contributed by atoms with Gasteiger partial charge in [0.25, 0.3) is 0 Å². The molecule has 1 aliphatic rings. The smallest absolute Gasteiger partial charge is 0.0362 e. The van der Waals surface area contributed by atoms with Gasteiger partial charge in [0.2, 0.25) is 0 Å². The predicted molar refractivity (Wildman–Crippen MR) is 243 cm³/mol. The van der Waals surface area contributed by atoms with E-state index in [1.54, 1.807) is 0 Å². The van der Waals surface area contributed by atoms with Crippen molar-refractivity contribution in [2.24, 2.45) is 0 Å². The fourth-order valence-corrected chi connectivity index (χ4v) is 11.0. The van der Waals surface area contributed by atoms with Gasteiger partial charge < -0.3 is 0 Å². The maximum Gasteiger partial charge on any atom is 0.0362 e. The highest BCUT2D eigenvalue weighted by Gasteiger charge is 2.36. The lowest BCUT2D eigenvalue weighted by Crippen LogP contribution is -2.15. The number of hydrogen-bond donors (Lipinski definition) is 0. The van der Waals surface area contributed by atoms with Crippen LogP contribution < -0.4 is 0 Å². The van der Waals surface area contributed by atoms with Crippen LogP contribution in [0.5, 0.6) is 0 Å². The second-order valence-corrected chi connectivity index (χ2v) is 17.1. The highest BCUT2D eigenvalue weighted by Crippen LogP contribution is 2.53. The third-order valence-corrected chi connectivity index (χ3v) is 13.7. The summed E-state index contributed by atoms with van der Waals surface area (Å²) in [5.41, 5.74) is 13.1. The molecule has 0 saturated carbocycles. The monoisotopic (exact) mass is 728 g/mol. The molecular weight excluding hydrogens is 693 g/mol. The third-order valence-electron chi connectivity index (χ3n) is 12.6. The normalized spacial score (nSPS) is 13.3. The van der Waals surface area contributed by atoms with E-state index in [0.29, 0.717) is 0 Å². The lowest BCUT2D eigenvalue weighted by molar-refractivity contribution is 0.661. The van der Waals surface area contributed by atoms with Crippen molar-refractivity contribution in [3.05, 3.63) is 193 Å². The number of benzene rings is 10. The van der Waals surface area contributed by atoms with Gasteiger partial charge in [0, 0.05) is 25.6 Å². The zero-order valence-corrected chi connectivity index (χ0v) is 32.0. The second kappa shape index (κ2) is 11.7. The average molecular weight is 729 g/mol. The molecule has 0 N–H and O–H groups in total. The van der Waals surface area contributed by atoms with Gasteiger partial charge in [-0.25, -0.2) is 0 Å². The fourth-order valence-electron chi connectivity index (χ4n) is 9.90. The van der Waals surface area contributed by atoms with Crippen LogP contribution in [0.2, 0.25) is 0 Å². The summed E-state index contributed by atoms with van der Waals surface area (Å²) in [6, 6.07) is 68.2. The van der Waals surface area contributed by atoms with Crippen LogP contribution in [0.3, 0.4) is 0 Å². The van der Waals surface area contributed by atoms with Crippen molar-refractivity contribution < 1.29 is 0 Å². The molecule has 0 amide bonds. The summed E-state index contributed by atoms with van der Waals surface area (Å²) in [5, 5.41) is 13.0. The molecule has 1 heteroatoms. The minimum atomic E-state index is -0.0999. The Kier molecular flexibility index (Phi) is 6.66. The molecule has 0 nitrogen and oxygen atoms in total. The lowest BCUT2D eigenvalue weighted by atomic mass is 9.81. The molecule has 0 bridgehead atoms. The minimum absolute atomic E-state index is 0.0999. The second-order valence-electron chi connectivity index (χ2n) is 16.0. The van der Waals surface area contributed by atoms with Crippen LogP contribution in [0.15, 0.2) is 182 Å². The predicted octanol–water partition coefficient (Wildman–Crippen LogP) is 16.0. The van der Waals surface area contributed by atoms with Gasteiger partial charge >= 0.3 is 0 Å². The Morgan fingerprint density at radius 1 is 0.321 bits per heavy atom. The van der Waals surface area contributed by atoms with Crippen LogP contribution in [0.25, 0.3) is 108 Å². The molecule has 0 saturated heterocycles. The standard InChI is InChI=1S/C55H36S/c1-55(2)48-27-25-38-30-47-40-14-10-11-19-50(40)56-51(47)32-46(38)54(48)45-26-24-37(31-49(45)55)35-20-21-36-29-39(23-22-34(36)28-35)53-43-17-8-6-15-41(43)52(33-12-4-3-5-13-33)42-16-7-9-18-44(42)53/h3-32H,1-2H3. The molecule has 0 spiro atoms. The summed E-state index contributed by atoms with van der Waals surface area (Å²) < 4.78 is 2.71. The van der Waals surface area contributed by atoms with Crippen molar-refractivity contribution in [1.82, 2.24) is 0 Å². The number of thiophene rings is 1. The Labute approximate surface area is 329 Å². The molecule has 1 heterocycles. The van der Waals surface area contributed by atoms with Crippen LogP contribution in [0.1, 0.15) is 25.0 Å². The first-order valence-electron chi connectivity index (χ1n) is 19.6. The Balaban J connectivity index is 0.967. The topological polar surface area (TPSA) is 0 Å². The number of rotatable bonds is 3. The average Bonchev–Trinajstić information content (AvgIpc) is 3.72. The molecule has 11 aromatic rings. The molecule has 10 aromatic carbocycles. The maximum absolute atomic E-state index is 2.46. The largest absolute Gasteiger partial charge is 0.135 e. The zero-order valence-electron chi connectivity index (χ0n) is 31.2. The van der Waals surface area contributed by atoms with Gasteiger partial charge in [-0.3, -0.25) is 0 Å². The molecule has 1 aliphatic carbocycles. The van der Waals surface area contributed by atoms with Gasteiger partial charge in [-0.05, 0) is 135 Å². The molecule has 0 atom stereocenters. The maximum atomic E-state index is 2.46. The summed E-state index contributed by atoms with van der Waals surface area (Å²) >= 11 is 1.90. The molecule has 0 fully saturated rings. The van der Waals surface area contributed by atoms with E-state index in [1.165, 1.54) is 119 Å². The molecule has 0 radical (unpaired) electrons.